The van der Waals surface area contributed by atoms with Gasteiger partial charge in [-0.1, -0.05) is 30.3 Å². The molecule has 0 radical (unpaired) electrons. The number of hydrogen-bond donors (Lipinski definition) is 0. The number of carbonyl (C=O) groups excluding carboxylic acids is 2. The second kappa shape index (κ2) is 10.7. The van der Waals surface area contributed by atoms with E-state index in [1.807, 2.05) is 36.6 Å². The minimum absolute atomic E-state index is 0.0604. The molecule has 0 bridgehead atoms. The van der Waals surface area contributed by atoms with Crippen LogP contribution in [-0.4, -0.2) is 47.9 Å². The van der Waals surface area contributed by atoms with Gasteiger partial charge in [-0.25, -0.2) is 4.39 Å². The van der Waals surface area contributed by atoms with Gasteiger partial charge in [-0.15, -0.1) is 17.9 Å². The second-order valence-electron chi connectivity index (χ2n) is 8.21. The molecule has 5 nitrogen and oxygen atoms in total. The van der Waals surface area contributed by atoms with Crippen LogP contribution >= 0.6 is 11.3 Å². The van der Waals surface area contributed by atoms with Crippen molar-refractivity contribution in [1.82, 2.24) is 9.80 Å². The average molecular weight is 479 g/mol. The zero-order valence-corrected chi connectivity index (χ0v) is 19.9. The van der Waals surface area contributed by atoms with E-state index in [0.29, 0.717) is 17.9 Å². The van der Waals surface area contributed by atoms with Gasteiger partial charge in [0.15, 0.2) is 0 Å². The Morgan fingerprint density at radius 2 is 2.06 bits per heavy atom. The Balaban J connectivity index is 1.53. The van der Waals surface area contributed by atoms with E-state index in [2.05, 4.69) is 6.58 Å². The average Bonchev–Trinajstić information content (AvgIpc) is 3.31. The number of rotatable bonds is 8. The smallest absolute Gasteiger partial charge is 0.254 e. The van der Waals surface area contributed by atoms with Crippen molar-refractivity contribution in [2.24, 2.45) is 0 Å². The first kappa shape index (κ1) is 23.7. The Bertz CT molecular complexity index is 1190. The van der Waals surface area contributed by atoms with Crippen LogP contribution in [0.4, 0.5) is 4.39 Å². The monoisotopic (exact) mass is 478 g/mol. The Kier molecular flexibility index (Phi) is 7.43. The number of nitrogens with zero attached hydrogens (tertiary/aromatic N) is 2. The van der Waals surface area contributed by atoms with Gasteiger partial charge >= 0.3 is 0 Å². The number of carbonyl (C=O) groups is 2. The number of benzene rings is 2. The maximum atomic E-state index is 13.6. The van der Waals surface area contributed by atoms with Crippen molar-refractivity contribution >= 4 is 23.2 Å². The molecule has 0 fully saturated rings. The Labute approximate surface area is 203 Å². The summed E-state index contributed by atoms with van der Waals surface area (Å²) in [7, 11) is 0. The number of halogens is 1. The van der Waals surface area contributed by atoms with Crippen LogP contribution in [0.5, 0.6) is 5.75 Å². The van der Waals surface area contributed by atoms with Gasteiger partial charge in [0.25, 0.3) is 5.91 Å². The molecule has 0 aliphatic carbocycles. The standard InChI is InChI=1S/C27H27FN2O3S/c1-3-13-29(27(32)22-10-5-4-7-19(22)2)17-26(31)30-14-11-25-23(12-15-34-25)24(30)18-33-21-9-6-8-20(28)16-21/h3-10,12,15-16,24H,1,11,13-14,17-18H2,2H3/t24-/m1/s1. The third-order valence-corrected chi connectivity index (χ3v) is 6.95. The molecule has 3 aromatic rings. The minimum atomic E-state index is -0.375. The van der Waals surface area contributed by atoms with E-state index in [-0.39, 0.29) is 43.4 Å². The molecule has 1 aliphatic rings. The lowest BCUT2D eigenvalue weighted by Gasteiger charge is -2.37. The first-order valence-electron chi connectivity index (χ1n) is 11.2. The molecule has 4 rings (SSSR count). The van der Waals surface area contributed by atoms with Gasteiger partial charge in [0, 0.05) is 29.6 Å². The van der Waals surface area contributed by atoms with Gasteiger partial charge in [-0.3, -0.25) is 9.59 Å². The van der Waals surface area contributed by atoms with E-state index < -0.39 is 0 Å². The number of hydrogen-bond acceptors (Lipinski definition) is 4. The van der Waals surface area contributed by atoms with Crippen molar-refractivity contribution < 1.29 is 18.7 Å². The normalized spacial score (nSPS) is 14.9. The summed E-state index contributed by atoms with van der Waals surface area (Å²) in [5, 5.41) is 2.01. The molecular weight excluding hydrogens is 451 g/mol. The quantitative estimate of drug-likeness (QED) is 0.427. The minimum Gasteiger partial charge on any atom is -0.491 e. The highest BCUT2D eigenvalue weighted by Crippen LogP contribution is 2.34. The summed E-state index contributed by atoms with van der Waals surface area (Å²) in [6.07, 6.45) is 2.38. The molecule has 1 aromatic heterocycles. The van der Waals surface area contributed by atoms with Crippen LogP contribution in [-0.2, 0) is 11.2 Å². The highest BCUT2D eigenvalue weighted by Gasteiger charge is 2.33. The Hall–Kier alpha value is -3.45. The maximum Gasteiger partial charge on any atom is 0.254 e. The third-order valence-electron chi connectivity index (χ3n) is 5.96. The highest BCUT2D eigenvalue weighted by molar-refractivity contribution is 7.10. The van der Waals surface area contributed by atoms with Crippen molar-refractivity contribution in [2.45, 2.75) is 19.4 Å². The Morgan fingerprint density at radius 3 is 2.82 bits per heavy atom. The topological polar surface area (TPSA) is 49.9 Å². The SMILES string of the molecule is C=CCN(CC(=O)N1CCc2sccc2[C@H]1COc1cccc(F)c1)C(=O)c1ccccc1C. The van der Waals surface area contributed by atoms with E-state index in [4.69, 9.17) is 4.74 Å². The zero-order valence-electron chi connectivity index (χ0n) is 19.1. The van der Waals surface area contributed by atoms with Crippen molar-refractivity contribution in [3.8, 4) is 5.75 Å². The molecule has 0 N–H and O–H groups in total. The molecule has 0 saturated carbocycles. The summed E-state index contributed by atoms with van der Waals surface area (Å²) < 4.78 is 19.5. The van der Waals surface area contributed by atoms with Gasteiger partial charge < -0.3 is 14.5 Å². The van der Waals surface area contributed by atoms with E-state index >= 15 is 0 Å². The van der Waals surface area contributed by atoms with Crippen molar-refractivity contribution in [3.63, 3.8) is 0 Å². The molecule has 2 heterocycles. The van der Waals surface area contributed by atoms with Crippen molar-refractivity contribution in [2.75, 3.05) is 26.2 Å². The summed E-state index contributed by atoms with van der Waals surface area (Å²) in [6, 6.07) is 15.0. The van der Waals surface area contributed by atoms with Gasteiger partial charge in [-0.2, -0.15) is 0 Å². The molecule has 1 atom stereocenters. The van der Waals surface area contributed by atoms with Crippen LogP contribution in [0.3, 0.4) is 0 Å². The lowest BCUT2D eigenvalue weighted by atomic mass is 10.00. The van der Waals surface area contributed by atoms with Crippen LogP contribution < -0.4 is 4.74 Å². The molecule has 176 valence electrons. The van der Waals surface area contributed by atoms with E-state index in [1.54, 1.807) is 40.5 Å². The van der Waals surface area contributed by atoms with Crippen molar-refractivity contribution in [1.29, 1.82) is 0 Å². The Morgan fingerprint density at radius 1 is 1.24 bits per heavy atom. The van der Waals surface area contributed by atoms with Crippen LogP contribution in [0, 0.1) is 12.7 Å². The number of ether oxygens (including phenoxy) is 1. The first-order valence-corrected chi connectivity index (χ1v) is 12.1. The predicted molar refractivity (Wildman–Crippen MR) is 132 cm³/mol. The largest absolute Gasteiger partial charge is 0.491 e. The number of fused-ring (bicyclic) bond motifs is 1. The first-order chi connectivity index (χ1) is 16.5. The lowest BCUT2D eigenvalue weighted by Crippen LogP contribution is -2.48. The van der Waals surface area contributed by atoms with Crippen LogP contribution in [0.25, 0.3) is 0 Å². The molecule has 34 heavy (non-hydrogen) atoms. The van der Waals surface area contributed by atoms with E-state index in [1.165, 1.54) is 21.9 Å². The molecular formula is C27H27FN2O3S. The molecule has 7 heteroatoms. The fourth-order valence-corrected chi connectivity index (χ4v) is 5.15. The van der Waals surface area contributed by atoms with Gasteiger partial charge in [0.05, 0.1) is 6.04 Å². The van der Waals surface area contributed by atoms with Crippen LogP contribution in [0.15, 0.2) is 72.6 Å². The highest BCUT2D eigenvalue weighted by atomic mass is 32.1. The van der Waals surface area contributed by atoms with E-state index in [9.17, 15) is 14.0 Å². The summed E-state index contributed by atoms with van der Waals surface area (Å²) >= 11 is 1.66. The van der Waals surface area contributed by atoms with Gasteiger partial charge in [0.1, 0.15) is 24.7 Å². The van der Waals surface area contributed by atoms with Gasteiger partial charge in [0.2, 0.25) is 5.91 Å². The number of amides is 2. The molecule has 0 unspecified atom stereocenters. The van der Waals surface area contributed by atoms with Gasteiger partial charge in [-0.05, 0) is 54.1 Å². The maximum absolute atomic E-state index is 13.6. The predicted octanol–water partition coefficient (Wildman–Crippen LogP) is 5.03. The summed E-state index contributed by atoms with van der Waals surface area (Å²) in [4.78, 5) is 31.2. The fraction of sp³-hybridized carbons (Fsp3) is 0.259. The lowest BCUT2D eigenvalue weighted by molar-refractivity contribution is -0.135. The van der Waals surface area contributed by atoms with Crippen LogP contribution in [0.2, 0.25) is 0 Å². The fourth-order valence-electron chi connectivity index (χ4n) is 4.22. The summed E-state index contributed by atoms with van der Waals surface area (Å²) in [5.74, 6) is -0.321. The number of thiophene rings is 1. The second-order valence-corrected chi connectivity index (χ2v) is 9.21. The molecule has 2 amide bonds. The summed E-state index contributed by atoms with van der Waals surface area (Å²) in [6.45, 7) is 6.57. The molecule has 0 saturated heterocycles. The van der Waals surface area contributed by atoms with E-state index in [0.717, 1.165) is 17.5 Å². The number of aryl methyl sites for hydroxylation is 1. The van der Waals surface area contributed by atoms with Crippen molar-refractivity contribution in [3.05, 3.63) is 100 Å². The van der Waals surface area contributed by atoms with Crippen LogP contribution in [0.1, 0.15) is 32.4 Å². The summed E-state index contributed by atoms with van der Waals surface area (Å²) in [5.41, 5.74) is 2.47. The third kappa shape index (κ3) is 5.20. The molecule has 1 aliphatic heterocycles. The molecule has 2 aromatic carbocycles. The molecule has 0 spiro atoms. The zero-order chi connectivity index (χ0) is 24.1.